The van der Waals surface area contributed by atoms with E-state index in [1.54, 1.807) is 0 Å². The fourth-order valence-corrected chi connectivity index (χ4v) is 3.79. The zero-order valence-corrected chi connectivity index (χ0v) is 19.7. The van der Waals surface area contributed by atoms with Gasteiger partial charge in [-0.2, -0.15) is 0 Å². The Morgan fingerprint density at radius 2 is 1.10 bits per heavy atom. The summed E-state index contributed by atoms with van der Waals surface area (Å²) in [6.07, 6.45) is 11.7. The molecule has 4 aromatic heterocycles. The molecule has 6 heterocycles. The van der Waals surface area contributed by atoms with E-state index in [-0.39, 0.29) is 19.5 Å². The predicted molar refractivity (Wildman–Crippen MR) is 122 cm³/mol. The maximum absolute atomic E-state index is 4.76. The van der Waals surface area contributed by atoms with Gasteiger partial charge in [0.05, 0.1) is 22.8 Å². The van der Waals surface area contributed by atoms with Crippen molar-refractivity contribution in [2.75, 3.05) is 0 Å². The number of nitrogens with one attached hydrogen (secondary N) is 2. The Balaban J connectivity index is 0.00000204. The molecule has 0 aromatic carbocycles. The second kappa shape index (κ2) is 7.90. The summed E-state index contributed by atoms with van der Waals surface area (Å²) in [5, 5.41) is 0. The van der Waals surface area contributed by atoms with Crippen LogP contribution in [0.3, 0.4) is 0 Å². The van der Waals surface area contributed by atoms with Gasteiger partial charge in [-0.25, -0.2) is 9.97 Å². The van der Waals surface area contributed by atoms with Crippen molar-refractivity contribution in [1.29, 1.82) is 0 Å². The minimum Gasteiger partial charge on any atom is -0.355 e. The van der Waals surface area contributed by atoms with Gasteiger partial charge in [-0.15, -0.1) is 0 Å². The number of rotatable bonds is 1. The van der Waals surface area contributed by atoms with Crippen molar-refractivity contribution < 1.29 is 19.5 Å². The maximum Gasteiger partial charge on any atom is 0.0658 e. The molecule has 0 spiro atoms. The van der Waals surface area contributed by atoms with Gasteiger partial charge in [0.25, 0.3) is 0 Å². The summed E-state index contributed by atoms with van der Waals surface area (Å²) in [5.41, 5.74) is 9.88. The molecular formula is C25H17N5Zn. The van der Waals surface area contributed by atoms with Crippen molar-refractivity contribution in [2.45, 2.75) is 0 Å². The molecule has 0 saturated heterocycles. The second-order valence-corrected chi connectivity index (χ2v) is 7.32. The number of hydrogen-bond acceptors (Lipinski definition) is 3. The maximum atomic E-state index is 4.76. The number of aromatic amines is 2. The first-order chi connectivity index (χ1) is 14.8. The number of aromatic nitrogens is 5. The molecule has 0 atom stereocenters. The third kappa shape index (κ3) is 3.90. The average molecular weight is 453 g/mol. The van der Waals surface area contributed by atoms with E-state index in [2.05, 4.69) is 45.3 Å². The molecule has 0 unspecified atom stereocenters. The third-order valence-corrected chi connectivity index (χ3v) is 5.16. The molecule has 0 amide bonds. The Labute approximate surface area is 191 Å². The summed E-state index contributed by atoms with van der Waals surface area (Å²) in [7, 11) is 0. The smallest absolute Gasteiger partial charge is 0.0658 e. The summed E-state index contributed by atoms with van der Waals surface area (Å²) in [6, 6.07) is 18.5. The van der Waals surface area contributed by atoms with Crippen LogP contribution in [-0.4, -0.2) is 24.9 Å². The fraction of sp³-hybridized carbons (Fsp3) is 0. The summed E-state index contributed by atoms with van der Waals surface area (Å²) >= 11 is 0. The van der Waals surface area contributed by atoms with Gasteiger partial charge >= 0.3 is 0 Å². The number of fused-ring (bicyclic) bond motifs is 8. The van der Waals surface area contributed by atoms with Crippen molar-refractivity contribution in [2.24, 2.45) is 0 Å². The largest absolute Gasteiger partial charge is 0.355 e. The van der Waals surface area contributed by atoms with E-state index < -0.39 is 0 Å². The Bertz CT molecular complexity index is 1490. The fourth-order valence-electron chi connectivity index (χ4n) is 3.79. The van der Waals surface area contributed by atoms with E-state index in [0.717, 1.165) is 56.0 Å². The van der Waals surface area contributed by atoms with Crippen molar-refractivity contribution in [1.82, 2.24) is 24.9 Å². The van der Waals surface area contributed by atoms with E-state index in [1.807, 2.05) is 61.0 Å². The zero-order chi connectivity index (χ0) is 19.9. The van der Waals surface area contributed by atoms with Crippen molar-refractivity contribution >= 4 is 46.4 Å². The van der Waals surface area contributed by atoms with E-state index >= 15 is 0 Å². The normalized spacial score (nSPS) is 12.0. The number of pyridine rings is 1. The topological polar surface area (TPSA) is 70.2 Å². The zero-order valence-electron chi connectivity index (χ0n) is 16.7. The summed E-state index contributed by atoms with van der Waals surface area (Å²) in [4.78, 5) is 20.6. The third-order valence-electron chi connectivity index (χ3n) is 5.16. The van der Waals surface area contributed by atoms with E-state index in [1.165, 1.54) is 0 Å². The Kier molecular flexibility index (Phi) is 4.93. The van der Waals surface area contributed by atoms with Gasteiger partial charge < -0.3 is 9.97 Å². The summed E-state index contributed by atoms with van der Waals surface area (Å²) in [6.45, 7) is 0. The Morgan fingerprint density at radius 1 is 0.548 bits per heavy atom. The van der Waals surface area contributed by atoms with Crippen LogP contribution < -0.4 is 0 Å². The molecule has 0 saturated carbocycles. The molecule has 6 heteroatoms. The quantitative estimate of drug-likeness (QED) is 0.314. The molecule has 144 valence electrons. The molecule has 2 aliphatic heterocycles. The van der Waals surface area contributed by atoms with Gasteiger partial charge in [0, 0.05) is 59.5 Å². The number of hydrogen-bond donors (Lipinski definition) is 2. The Hall–Kier alpha value is -3.63. The van der Waals surface area contributed by atoms with Crippen LogP contribution in [0.25, 0.3) is 57.5 Å². The van der Waals surface area contributed by atoms with Gasteiger partial charge in [-0.3, -0.25) is 4.98 Å². The predicted octanol–water partition coefficient (Wildman–Crippen LogP) is 5.72. The van der Waals surface area contributed by atoms with Gasteiger partial charge in [0.1, 0.15) is 0 Å². The van der Waals surface area contributed by atoms with Gasteiger partial charge in [0.15, 0.2) is 0 Å². The van der Waals surface area contributed by atoms with Crippen LogP contribution in [0.4, 0.5) is 0 Å². The van der Waals surface area contributed by atoms with E-state index in [0.29, 0.717) is 0 Å². The van der Waals surface area contributed by atoms with Crippen LogP contribution in [-0.2, 0) is 19.5 Å². The second-order valence-electron chi connectivity index (χ2n) is 7.32. The van der Waals surface area contributed by atoms with E-state index in [9.17, 15) is 0 Å². The van der Waals surface area contributed by atoms with Crippen molar-refractivity contribution in [3.05, 3.63) is 89.8 Å². The molecule has 2 aliphatic rings. The van der Waals surface area contributed by atoms with Crippen LogP contribution in [0, 0.1) is 0 Å². The van der Waals surface area contributed by atoms with Gasteiger partial charge in [0.2, 0.25) is 0 Å². The van der Waals surface area contributed by atoms with Crippen molar-refractivity contribution in [3.63, 3.8) is 0 Å². The SMILES string of the molecule is C1=Cc2cc3cc(-c4ccncc4)c(cc4nc(cc5ccc(cc1n2)[nH]5)C=C4)[nH]3.[Zn]. The van der Waals surface area contributed by atoms with Crippen LogP contribution in [0.2, 0.25) is 0 Å². The molecule has 5 nitrogen and oxygen atoms in total. The average Bonchev–Trinajstić information content (AvgIpc) is 3.53. The number of H-pyrrole nitrogens is 2. The van der Waals surface area contributed by atoms with Crippen LogP contribution in [0.15, 0.2) is 67.0 Å². The van der Waals surface area contributed by atoms with Crippen LogP contribution >= 0.6 is 0 Å². The molecule has 0 radical (unpaired) electrons. The first-order valence-electron chi connectivity index (χ1n) is 9.77. The molecule has 6 rings (SSSR count). The first-order valence-corrected chi connectivity index (χ1v) is 9.77. The summed E-state index contributed by atoms with van der Waals surface area (Å²) < 4.78 is 0. The van der Waals surface area contributed by atoms with E-state index in [4.69, 9.17) is 9.97 Å². The van der Waals surface area contributed by atoms with Crippen molar-refractivity contribution in [3.8, 4) is 11.1 Å². The molecule has 8 bridgehead atoms. The molecular weight excluding hydrogens is 436 g/mol. The molecule has 0 fully saturated rings. The monoisotopic (exact) mass is 451 g/mol. The standard InChI is InChI=1S/C25H17N5.Zn/c1-2-18-12-20-5-6-22(29-20)15-25-24(16-7-9-26-10-8-16)14-23(30-25)13-21-4-3-19(28-21)11-17(1)27-18;/h1-15,27,30H;. The van der Waals surface area contributed by atoms with Crippen LogP contribution in [0.5, 0.6) is 0 Å². The minimum atomic E-state index is 0. The first kappa shape index (κ1) is 19.3. The van der Waals surface area contributed by atoms with Gasteiger partial charge in [-0.1, -0.05) is 0 Å². The minimum absolute atomic E-state index is 0. The number of nitrogens with zero attached hydrogens (tertiary/aromatic N) is 3. The molecule has 4 aromatic rings. The molecule has 2 N–H and O–H groups in total. The van der Waals surface area contributed by atoms with Gasteiger partial charge in [-0.05, 0) is 84.5 Å². The molecule has 0 aliphatic carbocycles. The molecule has 31 heavy (non-hydrogen) atoms. The summed E-state index contributed by atoms with van der Waals surface area (Å²) in [5.74, 6) is 0. The Morgan fingerprint density at radius 3 is 1.71 bits per heavy atom. The van der Waals surface area contributed by atoms with Crippen LogP contribution in [0.1, 0.15) is 22.8 Å².